The van der Waals surface area contributed by atoms with Crippen LogP contribution in [0.4, 0.5) is 0 Å². The lowest BCUT2D eigenvalue weighted by Crippen LogP contribution is -2.35. The van der Waals surface area contributed by atoms with Crippen molar-refractivity contribution in [3.8, 4) is 0 Å². The molecule has 72 valence electrons. The van der Waals surface area contributed by atoms with Crippen molar-refractivity contribution < 1.29 is 4.92 Å². The first-order valence-corrected chi connectivity index (χ1v) is 4.93. The van der Waals surface area contributed by atoms with E-state index in [1.54, 1.807) is 0 Å². The molecule has 13 heavy (non-hydrogen) atoms. The molecule has 2 aliphatic carbocycles. The van der Waals surface area contributed by atoms with Gasteiger partial charge in [-0.2, -0.15) is 0 Å². The zero-order valence-corrected chi connectivity index (χ0v) is 8.01. The van der Waals surface area contributed by atoms with Gasteiger partial charge in [0.15, 0.2) is 0 Å². The van der Waals surface area contributed by atoms with Gasteiger partial charge in [-0.05, 0) is 18.3 Å². The van der Waals surface area contributed by atoms with Gasteiger partial charge in [-0.15, -0.1) is 0 Å². The monoisotopic (exact) mass is 181 g/mol. The van der Waals surface area contributed by atoms with E-state index >= 15 is 0 Å². The molecule has 1 fully saturated rings. The van der Waals surface area contributed by atoms with E-state index in [1.807, 2.05) is 6.08 Å². The van der Waals surface area contributed by atoms with Gasteiger partial charge < -0.3 is 0 Å². The Hall–Kier alpha value is -0.860. The number of nitrogens with zero attached hydrogens (tertiary/aromatic N) is 1. The molecule has 0 N–H and O–H groups in total. The fraction of sp³-hybridized carbons (Fsp3) is 0.800. The first-order valence-electron chi connectivity index (χ1n) is 4.93. The third-order valence-electron chi connectivity index (χ3n) is 3.49. The van der Waals surface area contributed by atoms with Gasteiger partial charge in [-0.1, -0.05) is 26.0 Å². The molecule has 2 aliphatic rings. The minimum atomic E-state index is -0.310. The molecule has 0 aromatic heterocycles. The summed E-state index contributed by atoms with van der Waals surface area (Å²) in [4.78, 5) is 10.8. The van der Waals surface area contributed by atoms with Crippen molar-refractivity contribution in [3.05, 3.63) is 22.3 Å². The summed E-state index contributed by atoms with van der Waals surface area (Å²) in [6.45, 7) is 4.19. The van der Waals surface area contributed by atoms with Crippen LogP contribution in [0.5, 0.6) is 0 Å². The highest BCUT2D eigenvalue weighted by atomic mass is 16.6. The molecule has 0 saturated heterocycles. The molecule has 4 atom stereocenters. The topological polar surface area (TPSA) is 43.1 Å². The quantitative estimate of drug-likeness (QED) is 0.372. The molecule has 0 amide bonds. The Morgan fingerprint density at radius 3 is 2.46 bits per heavy atom. The summed E-state index contributed by atoms with van der Waals surface area (Å²) < 4.78 is 0. The van der Waals surface area contributed by atoms with Crippen LogP contribution in [0.1, 0.15) is 20.3 Å². The minimum absolute atomic E-state index is 0.0706. The van der Waals surface area contributed by atoms with Gasteiger partial charge in [-0.3, -0.25) is 10.1 Å². The molecule has 0 radical (unpaired) electrons. The van der Waals surface area contributed by atoms with Crippen LogP contribution in [-0.4, -0.2) is 11.0 Å². The highest BCUT2D eigenvalue weighted by Crippen LogP contribution is 2.47. The van der Waals surface area contributed by atoms with Crippen LogP contribution in [-0.2, 0) is 0 Å². The molecule has 3 heteroatoms. The van der Waals surface area contributed by atoms with Gasteiger partial charge in [0.05, 0.1) is 0 Å². The summed E-state index contributed by atoms with van der Waals surface area (Å²) in [5.41, 5.74) is 0. The molecular formula is C10H15NO2. The Morgan fingerprint density at radius 1 is 1.38 bits per heavy atom. The molecule has 1 saturated carbocycles. The highest BCUT2D eigenvalue weighted by Gasteiger charge is 2.52. The molecule has 2 bridgehead atoms. The number of hydrogen-bond acceptors (Lipinski definition) is 2. The Bertz CT molecular complexity index is 260. The van der Waals surface area contributed by atoms with E-state index in [2.05, 4.69) is 19.9 Å². The van der Waals surface area contributed by atoms with Crippen LogP contribution in [0.25, 0.3) is 0 Å². The number of rotatable bonds is 2. The number of allylic oxidation sites excluding steroid dienone is 1. The van der Waals surface area contributed by atoms with E-state index in [0.29, 0.717) is 11.8 Å². The van der Waals surface area contributed by atoms with Crippen molar-refractivity contribution in [1.82, 2.24) is 0 Å². The highest BCUT2D eigenvalue weighted by molar-refractivity contribution is 5.14. The van der Waals surface area contributed by atoms with Crippen LogP contribution in [0, 0.1) is 33.8 Å². The van der Waals surface area contributed by atoms with Crippen molar-refractivity contribution in [2.75, 3.05) is 0 Å². The smallest absolute Gasteiger partial charge is 0.222 e. The van der Waals surface area contributed by atoms with E-state index in [1.165, 1.54) is 0 Å². The largest absolute Gasteiger partial charge is 0.264 e. The van der Waals surface area contributed by atoms with Crippen molar-refractivity contribution in [2.24, 2.45) is 23.7 Å². The van der Waals surface area contributed by atoms with E-state index in [0.717, 1.165) is 6.42 Å². The summed E-state index contributed by atoms with van der Waals surface area (Å²) in [5.74, 6) is 1.38. The number of fused-ring (bicyclic) bond motifs is 2. The summed E-state index contributed by atoms with van der Waals surface area (Å²) in [7, 11) is 0. The maximum atomic E-state index is 10.9. The second-order valence-corrected chi connectivity index (χ2v) is 4.55. The van der Waals surface area contributed by atoms with Gasteiger partial charge in [0.1, 0.15) is 0 Å². The van der Waals surface area contributed by atoms with Gasteiger partial charge >= 0.3 is 0 Å². The summed E-state index contributed by atoms with van der Waals surface area (Å²) in [5, 5.41) is 10.9. The Morgan fingerprint density at radius 2 is 2.00 bits per heavy atom. The van der Waals surface area contributed by atoms with Crippen LogP contribution in [0.2, 0.25) is 0 Å². The molecule has 2 rings (SSSR count). The zero-order valence-electron chi connectivity index (χ0n) is 8.01. The zero-order chi connectivity index (χ0) is 9.59. The maximum absolute atomic E-state index is 10.9. The Labute approximate surface area is 78.0 Å². The lowest BCUT2D eigenvalue weighted by molar-refractivity contribution is -0.537. The lowest BCUT2D eigenvalue weighted by atomic mass is 9.81. The predicted molar refractivity (Wildman–Crippen MR) is 49.8 cm³/mol. The Balaban J connectivity index is 2.25. The van der Waals surface area contributed by atoms with E-state index < -0.39 is 0 Å². The first kappa shape index (κ1) is 8.73. The number of nitro groups is 1. The fourth-order valence-electron chi connectivity index (χ4n) is 3.02. The van der Waals surface area contributed by atoms with Crippen molar-refractivity contribution in [1.29, 1.82) is 0 Å². The third-order valence-corrected chi connectivity index (χ3v) is 3.49. The van der Waals surface area contributed by atoms with Gasteiger partial charge in [0, 0.05) is 16.8 Å². The second kappa shape index (κ2) is 2.82. The normalized spacial score (nSPS) is 41.8. The maximum Gasteiger partial charge on any atom is 0.222 e. The second-order valence-electron chi connectivity index (χ2n) is 4.55. The summed E-state index contributed by atoms with van der Waals surface area (Å²) in [6, 6.07) is -0.310. The summed E-state index contributed by atoms with van der Waals surface area (Å²) >= 11 is 0. The minimum Gasteiger partial charge on any atom is -0.264 e. The average molecular weight is 181 g/mol. The third kappa shape index (κ3) is 1.18. The van der Waals surface area contributed by atoms with Crippen molar-refractivity contribution >= 4 is 0 Å². The SMILES string of the molecule is CC(C)[C@@H]1[C@@H]([N+](=O)[O-])[C@@H]2C=C[C@H]1C2. The summed E-state index contributed by atoms with van der Waals surface area (Å²) in [6.07, 6.45) is 5.22. The molecular weight excluding hydrogens is 166 g/mol. The molecule has 0 aromatic rings. The van der Waals surface area contributed by atoms with E-state index in [4.69, 9.17) is 0 Å². The molecule has 0 spiro atoms. The fourth-order valence-corrected chi connectivity index (χ4v) is 3.02. The van der Waals surface area contributed by atoms with Gasteiger partial charge in [0.25, 0.3) is 0 Å². The molecule has 0 aromatic carbocycles. The Kier molecular flexibility index (Phi) is 1.90. The first-order chi connectivity index (χ1) is 6.11. The van der Waals surface area contributed by atoms with E-state index in [9.17, 15) is 10.1 Å². The van der Waals surface area contributed by atoms with Crippen LogP contribution >= 0.6 is 0 Å². The van der Waals surface area contributed by atoms with Crippen LogP contribution in [0.15, 0.2) is 12.2 Å². The molecule has 0 aliphatic heterocycles. The average Bonchev–Trinajstić information content (AvgIpc) is 2.60. The van der Waals surface area contributed by atoms with Crippen molar-refractivity contribution in [3.63, 3.8) is 0 Å². The van der Waals surface area contributed by atoms with Crippen LogP contribution in [0.3, 0.4) is 0 Å². The molecule has 3 nitrogen and oxygen atoms in total. The standard InChI is InChI=1S/C10H15NO2/c1-6(2)9-7-3-4-8(5-7)10(9)11(12)13/h3-4,6-10H,5H2,1-2H3/t7-,8+,9-,10-/m0/s1. The van der Waals surface area contributed by atoms with E-state index in [-0.39, 0.29) is 22.8 Å². The van der Waals surface area contributed by atoms with Crippen molar-refractivity contribution in [2.45, 2.75) is 26.3 Å². The predicted octanol–water partition coefficient (Wildman–Crippen LogP) is 2.11. The molecule has 0 unspecified atom stereocenters. The van der Waals surface area contributed by atoms with Gasteiger partial charge in [0.2, 0.25) is 6.04 Å². The molecule has 0 heterocycles. The number of hydrogen-bond donors (Lipinski definition) is 0. The lowest BCUT2D eigenvalue weighted by Gasteiger charge is -2.24. The van der Waals surface area contributed by atoms with Crippen LogP contribution < -0.4 is 0 Å². The van der Waals surface area contributed by atoms with Gasteiger partial charge in [-0.25, -0.2) is 0 Å².